The molecule has 0 spiro atoms. The predicted octanol–water partition coefficient (Wildman–Crippen LogP) is 3.13. The summed E-state index contributed by atoms with van der Waals surface area (Å²) in [6.07, 6.45) is 0. The maximum Gasteiger partial charge on any atom is 0.259 e. The normalized spacial score (nSPS) is 10.9. The van der Waals surface area contributed by atoms with Gasteiger partial charge in [0.15, 0.2) is 5.82 Å². The van der Waals surface area contributed by atoms with Gasteiger partial charge in [-0.25, -0.2) is 4.39 Å². The minimum atomic E-state index is -0.705. The lowest BCUT2D eigenvalue weighted by Crippen LogP contribution is -2.19. The second-order valence-corrected chi connectivity index (χ2v) is 6.07. The number of nitrogens with one attached hydrogen (secondary N) is 2. The van der Waals surface area contributed by atoms with Crippen LogP contribution in [0.3, 0.4) is 0 Å². The van der Waals surface area contributed by atoms with E-state index in [0.717, 1.165) is 6.07 Å². The van der Waals surface area contributed by atoms with E-state index in [9.17, 15) is 14.0 Å². The van der Waals surface area contributed by atoms with Gasteiger partial charge in [-0.2, -0.15) is 9.50 Å². The molecule has 2 aromatic carbocycles. The highest BCUT2D eigenvalue weighted by molar-refractivity contribution is 6.30. The summed E-state index contributed by atoms with van der Waals surface area (Å²) < 4.78 is 15.1. The molecule has 4 rings (SSSR count). The van der Waals surface area contributed by atoms with Crippen molar-refractivity contribution in [2.45, 2.75) is 0 Å². The summed E-state index contributed by atoms with van der Waals surface area (Å²) >= 11 is 5.88. The molecule has 0 saturated carbocycles. The molecule has 2 heterocycles. The number of hydrogen-bond acceptors (Lipinski definition) is 4. The van der Waals surface area contributed by atoms with Crippen molar-refractivity contribution in [1.82, 2.24) is 19.6 Å². The van der Waals surface area contributed by atoms with Crippen molar-refractivity contribution in [2.75, 3.05) is 5.32 Å². The van der Waals surface area contributed by atoms with E-state index in [1.165, 1.54) is 22.7 Å². The number of fused-ring (bicyclic) bond motifs is 1. The number of amides is 1. The number of aromatic amines is 1. The lowest BCUT2D eigenvalue weighted by Gasteiger charge is -2.06. The van der Waals surface area contributed by atoms with E-state index >= 15 is 0 Å². The molecule has 0 aliphatic carbocycles. The fraction of sp³-hybridized carbons (Fsp3) is 0. The van der Waals surface area contributed by atoms with Gasteiger partial charge in [-0.15, -0.1) is 5.10 Å². The highest BCUT2D eigenvalue weighted by Crippen LogP contribution is 2.20. The lowest BCUT2D eigenvalue weighted by molar-refractivity contribution is 0.102. The molecule has 2 aromatic heterocycles. The molecule has 0 saturated heterocycles. The number of anilines is 1. The van der Waals surface area contributed by atoms with Crippen molar-refractivity contribution in [1.29, 1.82) is 0 Å². The standard InChI is InChI=1S/C18H11ClFN5O2/c19-11-7-5-10(6-8-11)16-23-18-22-15(26)9-14(25(18)24-16)21-17(27)12-3-1-2-4-13(12)20/h1-9H,(H,21,27)(H,22,23,24,26). The minimum absolute atomic E-state index is 0.0646. The summed E-state index contributed by atoms with van der Waals surface area (Å²) in [5.74, 6) is -0.846. The van der Waals surface area contributed by atoms with Crippen molar-refractivity contribution in [2.24, 2.45) is 0 Å². The Balaban J connectivity index is 1.76. The van der Waals surface area contributed by atoms with E-state index in [-0.39, 0.29) is 17.2 Å². The maximum atomic E-state index is 13.8. The van der Waals surface area contributed by atoms with Crippen LogP contribution in [-0.2, 0) is 0 Å². The highest BCUT2D eigenvalue weighted by Gasteiger charge is 2.16. The van der Waals surface area contributed by atoms with Gasteiger partial charge in [-0.1, -0.05) is 23.7 Å². The summed E-state index contributed by atoms with van der Waals surface area (Å²) in [6, 6.07) is 13.5. The van der Waals surface area contributed by atoms with Crippen LogP contribution in [0.5, 0.6) is 0 Å². The van der Waals surface area contributed by atoms with Crippen molar-refractivity contribution < 1.29 is 9.18 Å². The Kier molecular flexibility index (Phi) is 4.17. The van der Waals surface area contributed by atoms with Gasteiger partial charge in [-0.05, 0) is 36.4 Å². The van der Waals surface area contributed by atoms with E-state index in [1.807, 2.05) is 0 Å². The largest absolute Gasteiger partial charge is 0.306 e. The van der Waals surface area contributed by atoms with Crippen molar-refractivity contribution in [3.63, 3.8) is 0 Å². The second kappa shape index (κ2) is 6.65. The number of hydrogen-bond donors (Lipinski definition) is 2. The summed E-state index contributed by atoms with van der Waals surface area (Å²) in [5.41, 5.74) is 0.0423. The molecule has 0 aliphatic rings. The highest BCUT2D eigenvalue weighted by atomic mass is 35.5. The first-order valence-electron chi connectivity index (χ1n) is 7.83. The van der Waals surface area contributed by atoms with Crippen molar-refractivity contribution >= 4 is 29.1 Å². The zero-order valence-corrected chi connectivity index (χ0v) is 14.4. The van der Waals surface area contributed by atoms with Crippen LogP contribution in [0, 0.1) is 5.82 Å². The zero-order chi connectivity index (χ0) is 19.0. The molecule has 0 aliphatic heterocycles. The number of nitrogens with zero attached hydrogens (tertiary/aromatic N) is 3. The summed E-state index contributed by atoms with van der Waals surface area (Å²) in [4.78, 5) is 31.1. The first-order valence-corrected chi connectivity index (χ1v) is 8.21. The van der Waals surface area contributed by atoms with Crippen molar-refractivity contribution in [3.8, 4) is 11.4 Å². The summed E-state index contributed by atoms with van der Waals surface area (Å²) in [7, 11) is 0. The van der Waals surface area contributed by atoms with Gasteiger partial charge in [-0.3, -0.25) is 14.6 Å². The van der Waals surface area contributed by atoms with Crippen LogP contribution in [0.25, 0.3) is 17.2 Å². The Morgan fingerprint density at radius 1 is 1.15 bits per heavy atom. The monoisotopic (exact) mass is 383 g/mol. The first kappa shape index (κ1) is 16.9. The van der Waals surface area contributed by atoms with E-state index < -0.39 is 17.3 Å². The predicted molar refractivity (Wildman–Crippen MR) is 98.4 cm³/mol. The molecule has 27 heavy (non-hydrogen) atoms. The Labute approximate surface area is 156 Å². The zero-order valence-electron chi connectivity index (χ0n) is 13.6. The molecule has 7 nitrogen and oxygen atoms in total. The minimum Gasteiger partial charge on any atom is -0.306 e. The first-order chi connectivity index (χ1) is 13.0. The summed E-state index contributed by atoms with van der Waals surface area (Å²) in [5, 5.41) is 7.37. The van der Waals surface area contributed by atoms with Crippen molar-refractivity contribution in [3.05, 3.63) is 81.4 Å². The van der Waals surface area contributed by atoms with Crippen LogP contribution in [0.1, 0.15) is 10.4 Å². The number of H-pyrrole nitrogens is 1. The van der Waals surface area contributed by atoms with Gasteiger partial charge in [0, 0.05) is 16.7 Å². The number of carbonyl (C=O) groups is 1. The van der Waals surface area contributed by atoms with E-state index in [1.54, 1.807) is 30.3 Å². The average Bonchev–Trinajstić information content (AvgIpc) is 3.06. The van der Waals surface area contributed by atoms with Crippen LogP contribution in [0.2, 0.25) is 5.02 Å². The topological polar surface area (TPSA) is 92.1 Å². The van der Waals surface area contributed by atoms with Gasteiger partial charge >= 0.3 is 0 Å². The summed E-state index contributed by atoms with van der Waals surface area (Å²) in [6.45, 7) is 0. The number of aromatic nitrogens is 4. The van der Waals surface area contributed by atoms with Crippen LogP contribution < -0.4 is 10.9 Å². The Morgan fingerprint density at radius 3 is 2.63 bits per heavy atom. The van der Waals surface area contributed by atoms with Gasteiger partial charge < -0.3 is 5.32 Å². The molecular formula is C18H11ClFN5O2. The fourth-order valence-electron chi connectivity index (χ4n) is 2.53. The van der Waals surface area contributed by atoms with Gasteiger partial charge in [0.1, 0.15) is 11.6 Å². The van der Waals surface area contributed by atoms with Gasteiger partial charge in [0.25, 0.3) is 11.5 Å². The smallest absolute Gasteiger partial charge is 0.259 e. The molecule has 2 N–H and O–H groups in total. The Hall–Kier alpha value is -3.52. The molecule has 4 aromatic rings. The third kappa shape index (κ3) is 3.30. The van der Waals surface area contributed by atoms with Crippen LogP contribution >= 0.6 is 11.6 Å². The van der Waals surface area contributed by atoms with E-state index in [0.29, 0.717) is 16.4 Å². The SMILES string of the molecule is O=C(Nc1cc(=O)[nH]c2nc(-c3ccc(Cl)cc3)nn12)c1ccccc1F. The Morgan fingerprint density at radius 2 is 1.89 bits per heavy atom. The molecule has 0 unspecified atom stereocenters. The average molecular weight is 384 g/mol. The second-order valence-electron chi connectivity index (χ2n) is 5.63. The molecule has 134 valence electrons. The molecule has 1 amide bonds. The van der Waals surface area contributed by atoms with Gasteiger partial charge in [0.2, 0.25) is 5.78 Å². The quantitative estimate of drug-likeness (QED) is 0.568. The van der Waals surface area contributed by atoms with E-state index in [2.05, 4.69) is 20.4 Å². The number of carbonyl (C=O) groups excluding carboxylic acids is 1. The fourth-order valence-corrected chi connectivity index (χ4v) is 2.66. The number of benzene rings is 2. The maximum absolute atomic E-state index is 13.8. The molecule has 0 fully saturated rings. The third-order valence-electron chi connectivity index (χ3n) is 3.80. The molecule has 9 heteroatoms. The molecule has 0 atom stereocenters. The van der Waals surface area contributed by atoms with Crippen LogP contribution in [0.15, 0.2) is 59.4 Å². The Bertz CT molecular complexity index is 1220. The van der Waals surface area contributed by atoms with Gasteiger partial charge in [0.05, 0.1) is 5.56 Å². The molecule has 0 bridgehead atoms. The third-order valence-corrected chi connectivity index (χ3v) is 4.05. The molecule has 0 radical (unpaired) electrons. The lowest BCUT2D eigenvalue weighted by atomic mass is 10.2. The number of halogens is 2. The van der Waals surface area contributed by atoms with Crippen LogP contribution in [-0.4, -0.2) is 25.5 Å². The number of rotatable bonds is 3. The molecular weight excluding hydrogens is 373 g/mol. The van der Waals surface area contributed by atoms with Crippen LogP contribution in [0.4, 0.5) is 10.2 Å². The van der Waals surface area contributed by atoms with E-state index in [4.69, 9.17) is 11.6 Å².